The van der Waals surface area contributed by atoms with Gasteiger partial charge in [0, 0.05) is 17.7 Å². The lowest BCUT2D eigenvalue weighted by molar-refractivity contribution is 1.16. The molecule has 2 aromatic heterocycles. The van der Waals surface area contributed by atoms with E-state index in [4.69, 9.17) is 0 Å². The van der Waals surface area contributed by atoms with Crippen LogP contribution >= 0.6 is 43.2 Å². The Balaban J connectivity index is 2.51. The normalized spacial score (nSPS) is 10.3. The van der Waals surface area contributed by atoms with E-state index in [0.29, 0.717) is 0 Å². The van der Waals surface area contributed by atoms with Crippen molar-refractivity contribution in [2.24, 2.45) is 0 Å². The van der Waals surface area contributed by atoms with Crippen LogP contribution in [0.4, 0.5) is 5.82 Å². The summed E-state index contributed by atoms with van der Waals surface area (Å²) in [7, 11) is 1.83. The maximum atomic E-state index is 4.41. The van der Waals surface area contributed by atoms with Gasteiger partial charge in [-0.15, -0.1) is 11.3 Å². The number of halogens is 2. The number of hydrogen-bond donors (Lipinski definition) is 1. The first-order valence-corrected chi connectivity index (χ1v) is 6.62. The Morgan fingerprint density at radius 1 is 1.33 bits per heavy atom. The Hall–Kier alpha value is -0.460. The molecular weight excluding hydrogens is 342 g/mol. The van der Waals surface area contributed by atoms with Crippen LogP contribution in [0.1, 0.15) is 0 Å². The molecule has 3 nitrogen and oxygen atoms in total. The van der Waals surface area contributed by atoms with Gasteiger partial charge >= 0.3 is 0 Å². The van der Waals surface area contributed by atoms with Gasteiger partial charge in [0.05, 0.1) is 9.35 Å². The van der Waals surface area contributed by atoms with E-state index >= 15 is 0 Å². The Labute approximate surface area is 108 Å². The van der Waals surface area contributed by atoms with Crippen molar-refractivity contribution >= 4 is 49.0 Å². The van der Waals surface area contributed by atoms with Crippen molar-refractivity contribution < 1.29 is 0 Å². The van der Waals surface area contributed by atoms with Gasteiger partial charge in [0.15, 0.2) is 5.82 Å². The number of nitrogens with zero attached hydrogens (tertiary/aromatic N) is 2. The summed E-state index contributed by atoms with van der Waals surface area (Å²) < 4.78 is 1.89. The average molecular weight is 349 g/mol. The van der Waals surface area contributed by atoms with Crippen LogP contribution in [0.15, 0.2) is 26.6 Å². The zero-order valence-corrected chi connectivity index (χ0v) is 11.8. The molecule has 1 N–H and O–H groups in total. The van der Waals surface area contributed by atoms with Crippen LogP contribution in [-0.4, -0.2) is 17.0 Å². The lowest BCUT2D eigenvalue weighted by atomic mass is 10.4. The van der Waals surface area contributed by atoms with Gasteiger partial charge in [-0.05, 0) is 43.3 Å². The molecular formula is C9H7Br2N3S. The number of anilines is 1. The Bertz CT molecular complexity index is 484. The van der Waals surface area contributed by atoms with Gasteiger partial charge in [0.2, 0.25) is 0 Å². The highest BCUT2D eigenvalue weighted by Crippen LogP contribution is 2.32. The fraction of sp³-hybridized carbons (Fsp3) is 0.111. The first kappa shape index (κ1) is 11.0. The molecule has 0 amide bonds. The van der Waals surface area contributed by atoms with Crippen LogP contribution in [0, 0.1) is 0 Å². The van der Waals surface area contributed by atoms with Gasteiger partial charge in [-0.3, -0.25) is 0 Å². The maximum absolute atomic E-state index is 4.41. The molecule has 6 heteroatoms. The molecule has 2 aromatic rings. The van der Waals surface area contributed by atoms with Gasteiger partial charge in [-0.2, -0.15) is 0 Å². The number of thiophene rings is 1. The first-order chi connectivity index (χ1) is 7.22. The van der Waals surface area contributed by atoms with E-state index in [9.17, 15) is 0 Å². The van der Waals surface area contributed by atoms with Crippen molar-refractivity contribution in [3.63, 3.8) is 0 Å². The van der Waals surface area contributed by atoms with Gasteiger partial charge < -0.3 is 5.32 Å². The summed E-state index contributed by atoms with van der Waals surface area (Å²) >= 11 is 8.46. The van der Waals surface area contributed by atoms with Crippen molar-refractivity contribution in [3.8, 4) is 10.7 Å². The minimum absolute atomic E-state index is 0.726. The van der Waals surface area contributed by atoms with Crippen molar-refractivity contribution in [2.75, 3.05) is 12.4 Å². The van der Waals surface area contributed by atoms with Crippen LogP contribution < -0.4 is 5.32 Å². The summed E-state index contributed by atoms with van der Waals surface area (Å²) in [6.45, 7) is 0. The van der Waals surface area contributed by atoms with E-state index in [1.807, 2.05) is 18.5 Å². The summed E-state index contributed by atoms with van der Waals surface area (Å²) in [5.41, 5.74) is 0. The molecule has 0 aromatic carbocycles. The molecule has 0 fully saturated rings. The molecule has 0 aliphatic carbocycles. The molecule has 15 heavy (non-hydrogen) atoms. The predicted molar refractivity (Wildman–Crippen MR) is 70.3 cm³/mol. The summed E-state index contributed by atoms with van der Waals surface area (Å²) in [5, 5.41) is 5.01. The second kappa shape index (κ2) is 4.59. The zero-order chi connectivity index (χ0) is 10.8. The number of aromatic nitrogens is 2. The highest BCUT2D eigenvalue weighted by Gasteiger charge is 2.09. The fourth-order valence-corrected chi connectivity index (χ4v) is 2.98. The average Bonchev–Trinajstić information content (AvgIpc) is 2.65. The van der Waals surface area contributed by atoms with Crippen molar-refractivity contribution in [1.82, 2.24) is 9.97 Å². The summed E-state index contributed by atoms with van der Waals surface area (Å²) in [4.78, 5) is 9.72. The number of rotatable bonds is 2. The minimum Gasteiger partial charge on any atom is -0.372 e. The third-order valence-corrected chi connectivity index (χ3v) is 4.22. The minimum atomic E-state index is 0.726. The summed E-state index contributed by atoms with van der Waals surface area (Å²) in [6, 6.07) is 1.99. The highest BCUT2D eigenvalue weighted by atomic mass is 79.9. The summed E-state index contributed by atoms with van der Waals surface area (Å²) in [5.74, 6) is 1.52. The highest BCUT2D eigenvalue weighted by molar-refractivity contribution is 9.11. The standard InChI is InChI=1S/C9H7Br2N3S/c1-12-8-6(11)4-13-9(14-8)7-5(10)2-3-15-7/h2-4H,1H3,(H,12,13,14). The van der Waals surface area contributed by atoms with Crippen LogP contribution in [0.2, 0.25) is 0 Å². The predicted octanol–water partition coefficient (Wildman–Crippen LogP) is 3.77. The SMILES string of the molecule is CNc1nc(-c2sccc2Br)ncc1Br. The molecule has 0 aliphatic heterocycles. The molecule has 0 saturated heterocycles. The van der Waals surface area contributed by atoms with Crippen molar-refractivity contribution in [3.05, 3.63) is 26.6 Å². The van der Waals surface area contributed by atoms with E-state index in [0.717, 1.165) is 25.5 Å². The maximum Gasteiger partial charge on any atom is 0.172 e. The van der Waals surface area contributed by atoms with Gasteiger partial charge in [0.1, 0.15) is 5.82 Å². The molecule has 0 unspecified atom stereocenters. The summed E-state index contributed by atoms with van der Waals surface area (Å²) in [6.07, 6.45) is 1.75. The van der Waals surface area contributed by atoms with Crippen LogP contribution in [0.25, 0.3) is 10.7 Å². The van der Waals surface area contributed by atoms with E-state index < -0.39 is 0 Å². The molecule has 0 bridgehead atoms. The van der Waals surface area contributed by atoms with E-state index in [1.54, 1.807) is 17.5 Å². The largest absolute Gasteiger partial charge is 0.372 e. The smallest absolute Gasteiger partial charge is 0.172 e. The Kier molecular flexibility index (Phi) is 3.38. The van der Waals surface area contributed by atoms with E-state index in [2.05, 4.69) is 47.1 Å². The molecule has 0 aliphatic rings. The molecule has 0 spiro atoms. The quantitative estimate of drug-likeness (QED) is 0.897. The zero-order valence-electron chi connectivity index (χ0n) is 7.79. The van der Waals surface area contributed by atoms with E-state index in [-0.39, 0.29) is 0 Å². The van der Waals surface area contributed by atoms with E-state index in [1.165, 1.54) is 0 Å². The Morgan fingerprint density at radius 2 is 2.13 bits per heavy atom. The third-order valence-electron chi connectivity index (χ3n) is 1.80. The lowest BCUT2D eigenvalue weighted by Crippen LogP contribution is -1.96. The fourth-order valence-electron chi connectivity index (χ4n) is 1.11. The monoisotopic (exact) mass is 347 g/mol. The van der Waals surface area contributed by atoms with Crippen molar-refractivity contribution in [2.45, 2.75) is 0 Å². The van der Waals surface area contributed by atoms with Crippen molar-refractivity contribution in [1.29, 1.82) is 0 Å². The molecule has 0 radical (unpaired) electrons. The van der Waals surface area contributed by atoms with Crippen LogP contribution in [0.5, 0.6) is 0 Å². The van der Waals surface area contributed by atoms with Gasteiger partial charge in [-0.1, -0.05) is 0 Å². The number of hydrogen-bond acceptors (Lipinski definition) is 4. The third kappa shape index (κ3) is 2.21. The van der Waals surface area contributed by atoms with Crippen LogP contribution in [-0.2, 0) is 0 Å². The molecule has 78 valence electrons. The molecule has 2 heterocycles. The second-order valence-electron chi connectivity index (χ2n) is 2.74. The first-order valence-electron chi connectivity index (χ1n) is 4.16. The molecule has 2 rings (SSSR count). The lowest BCUT2D eigenvalue weighted by Gasteiger charge is -2.04. The molecule has 0 atom stereocenters. The Morgan fingerprint density at radius 3 is 2.73 bits per heavy atom. The topological polar surface area (TPSA) is 37.8 Å². The van der Waals surface area contributed by atoms with Gasteiger partial charge in [-0.25, -0.2) is 9.97 Å². The van der Waals surface area contributed by atoms with Gasteiger partial charge in [0.25, 0.3) is 0 Å². The molecule has 0 saturated carbocycles. The number of nitrogens with one attached hydrogen (secondary N) is 1. The second-order valence-corrected chi connectivity index (χ2v) is 5.36. The van der Waals surface area contributed by atoms with Crippen LogP contribution in [0.3, 0.4) is 0 Å².